The van der Waals surface area contributed by atoms with E-state index >= 15 is 0 Å². The van der Waals surface area contributed by atoms with Gasteiger partial charge in [-0.25, -0.2) is 13.2 Å². The first kappa shape index (κ1) is 20.8. The number of hydrogen-bond acceptors (Lipinski definition) is 6. The topological polar surface area (TPSA) is 90.0 Å². The molecule has 144 valence electrons. The number of ketones is 1. The molecule has 0 aliphatic heterocycles. The molecule has 0 bridgehead atoms. The summed E-state index contributed by atoms with van der Waals surface area (Å²) in [6, 6.07) is 12.1. The number of sulfonamides is 1. The van der Waals surface area contributed by atoms with Crippen molar-refractivity contribution in [3.05, 3.63) is 65.2 Å². The third kappa shape index (κ3) is 4.79. The number of hydrogen-bond donors (Lipinski definition) is 0. The van der Waals surface area contributed by atoms with Crippen LogP contribution in [0.5, 0.6) is 0 Å². The summed E-state index contributed by atoms with van der Waals surface area (Å²) in [5.41, 5.74) is 1.60. The number of Topliss-reactive ketones (excluding diaryl/α,β-unsaturated/α-hetero) is 1. The van der Waals surface area contributed by atoms with Crippen LogP contribution in [0.15, 0.2) is 53.4 Å². The second-order valence-corrected chi connectivity index (χ2v) is 7.84. The molecule has 0 aliphatic carbocycles. The van der Waals surface area contributed by atoms with Crippen molar-refractivity contribution in [2.75, 3.05) is 14.2 Å². The van der Waals surface area contributed by atoms with Gasteiger partial charge in [-0.15, -0.1) is 0 Å². The third-order valence-electron chi connectivity index (χ3n) is 3.97. The Bertz CT molecular complexity index is 920. The van der Waals surface area contributed by atoms with Crippen molar-refractivity contribution in [2.24, 2.45) is 0 Å². The quantitative estimate of drug-likeness (QED) is 0.409. The Morgan fingerprint density at radius 3 is 2.00 bits per heavy atom. The minimum absolute atomic E-state index is 0.0350. The normalized spacial score (nSPS) is 12.6. The molecule has 0 saturated heterocycles. The first-order valence-corrected chi connectivity index (χ1v) is 9.55. The number of benzene rings is 2. The van der Waals surface area contributed by atoms with E-state index in [1.165, 1.54) is 45.3 Å². The van der Waals surface area contributed by atoms with E-state index in [9.17, 15) is 18.0 Å². The van der Waals surface area contributed by atoms with Crippen molar-refractivity contribution in [3.63, 3.8) is 0 Å². The van der Waals surface area contributed by atoms with E-state index in [4.69, 9.17) is 9.57 Å². The van der Waals surface area contributed by atoms with Gasteiger partial charge in [0.05, 0.1) is 17.6 Å². The van der Waals surface area contributed by atoms with Gasteiger partial charge < -0.3 is 4.74 Å². The smallest absolute Gasteiger partial charge is 0.338 e. The third-order valence-corrected chi connectivity index (χ3v) is 5.67. The van der Waals surface area contributed by atoms with Crippen LogP contribution in [0.3, 0.4) is 0 Å². The largest absolute Gasteiger partial charge is 0.451 e. The van der Waals surface area contributed by atoms with Gasteiger partial charge in [0.2, 0.25) is 5.78 Å². The van der Waals surface area contributed by atoms with E-state index in [2.05, 4.69) is 0 Å². The van der Waals surface area contributed by atoms with Crippen molar-refractivity contribution < 1.29 is 27.6 Å². The number of hydroxylamine groups is 1. The zero-order chi connectivity index (χ0) is 20.2. The van der Waals surface area contributed by atoms with Crippen molar-refractivity contribution in [2.45, 2.75) is 24.8 Å². The molecular formula is C19H21NO6S. The first-order valence-electron chi connectivity index (χ1n) is 8.11. The van der Waals surface area contributed by atoms with Gasteiger partial charge in [-0.3, -0.25) is 9.63 Å². The number of carbonyl (C=O) groups is 2. The van der Waals surface area contributed by atoms with Crippen molar-refractivity contribution >= 4 is 21.8 Å². The van der Waals surface area contributed by atoms with Gasteiger partial charge in [0.15, 0.2) is 6.10 Å². The lowest BCUT2D eigenvalue weighted by molar-refractivity contribution is -0.0258. The predicted molar refractivity (Wildman–Crippen MR) is 98.8 cm³/mol. The highest BCUT2D eigenvalue weighted by Gasteiger charge is 2.23. The number of carbonyl (C=O) groups excluding carboxylic acids is 2. The van der Waals surface area contributed by atoms with E-state index in [1.807, 2.05) is 6.92 Å². The van der Waals surface area contributed by atoms with E-state index in [0.717, 1.165) is 5.56 Å². The Balaban J connectivity index is 2.09. The van der Waals surface area contributed by atoms with E-state index < -0.39 is 22.1 Å². The van der Waals surface area contributed by atoms with Gasteiger partial charge >= 0.3 is 5.97 Å². The monoisotopic (exact) mass is 391 g/mol. The minimum Gasteiger partial charge on any atom is -0.451 e. The van der Waals surface area contributed by atoms with Gasteiger partial charge in [-0.05, 0) is 38.1 Å². The summed E-state index contributed by atoms with van der Waals surface area (Å²) < 4.78 is 30.2. The molecule has 0 saturated carbocycles. The van der Waals surface area contributed by atoms with Crippen LogP contribution in [0.2, 0.25) is 0 Å². The van der Waals surface area contributed by atoms with Crippen LogP contribution in [0.25, 0.3) is 0 Å². The lowest BCUT2D eigenvalue weighted by Crippen LogP contribution is -2.26. The highest BCUT2D eigenvalue weighted by atomic mass is 32.2. The number of ether oxygens (including phenoxy) is 1. The summed E-state index contributed by atoms with van der Waals surface area (Å²) in [5, 5.41) is 0. The highest BCUT2D eigenvalue weighted by molar-refractivity contribution is 7.89. The lowest BCUT2D eigenvalue weighted by Gasteiger charge is -2.15. The number of rotatable bonds is 7. The molecule has 2 aromatic rings. The maximum Gasteiger partial charge on any atom is 0.338 e. The van der Waals surface area contributed by atoms with Crippen LogP contribution in [0.1, 0.15) is 33.2 Å². The lowest BCUT2D eigenvalue weighted by atomic mass is 10.1. The molecule has 0 amide bonds. The van der Waals surface area contributed by atoms with Crippen LogP contribution in [-0.4, -0.2) is 44.9 Å². The highest BCUT2D eigenvalue weighted by Crippen LogP contribution is 2.16. The molecule has 2 rings (SSSR count). The maximum absolute atomic E-state index is 12.3. The Morgan fingerprint density at radius 1 is 0.963 bits per heavy atom. The van der Waals surface area contributed by atoms with E-state index in [-0.39, 0.29) is 16.2 Å². The molecule has 1 atom stereocenters. The molecule has 0 aliphatic rings. The molecule has 2 aromatic carbocycles. The van der Waals surface area contributed by atoms with Gasteiger partial charge in [-0.1, -0.05) is 34.3 Å². The van der Waals surface area contributed by atoms with E-state index in [0.29, 0.717) is 10.0 Å². The molecule has 0 fully saturated rings. The molecule has 0 unspecified atom stereocenters. The Labute approximate surface area is 158 Å². The molecule has 0 spiro atoms. The second kappa shape index (κ2) is 8.43. The predicted octanol–water partition coefficient (Wildman–Crippen LogP) is 2.61. The molecule has 7 nitrogen and oxygen atoms in total. The van der Waals surface area contributed by atoms with Gasteiger partial charge in [0, 0.05) is 12.6 Å². The second-order valence-electron chi connectivity index (χ2n) is 5.90. The van der Waals surface area contributed by atoms with Crippen molar-refractivity contribution in [3.8, 4) is 0 Å². The Kier molecular flexibility index (Phi) is 6.48. The summed E-state index contributed by atoms with van der Waals surface area (Å²) in [4.78, 5) is 29.2. The molecular weight excluding hydrogens is 370 g/mol. The molecule has 27 heavy (non-hydrogen) atoms. The van der Waals surface area contributed by atoms with Crippen molar-refractivity contribution in [1.29, 1.82) is 0 Å². The molecule has 0 heterocycles. The van der Waals surface area contributed by atoms with E-state index in [1.54, 1.807) is 24.3 Å². The number of nitrogens with zero attached hydrogens (tertiary/aromatic N) is 1. The summed E-state index contributed by atoms with van der Waals surface area (Å²) in [6.45, 7) is 3.40. The number of aryl methyl sites for hydroxylation is 1. The first-order chi connectivity index (χ1) is 12.7. The van der Waals surface area contributed by atoms with Crippen LogP contribution in [-0.2, 0) is 19.6 Å². The SMILES string of the molecule is CON(C)S(=O)(=O)c1ccc(C(=O)O[C@H](C)C(=O)c2ccc(C)cc2)cc1. The molecule has 0 radical (unpaired) electrons. The van der Waals surface area contributed by atoms with Gasteiger partial charge in [-0.2, -0.15) is 0 Å². The van der Waals surface area contributed by atoms with Crippen LogP contribution < -0.4 is 0 Å². The standard InChI is InChI=1S/C19H21NO6S/c1-13-5-7-15(8-6-13)18(21)14(2)26-19(22)16-9-11-17(12-10-16)27(23,24)20(3)25-4/h5-12,14H,1-4H3/t14-/m1/s1. The van der Waals surface area contributed by atoms with Gasteiger partial charge in [0.25, 0.3) is 10.0 Å². The molecule has 8 heteroatoms. The fourth-order valence-corrected chi connectivity index (χ4v) is 3.22. The zero-order valence-corrected chi connectivity index (χ0v) is 16.3. The van der Waals surface area contributed by atoms with Gasteiger partial charge in [0.1, 0.15) is 0 Å². The average molecular weight is 391 g/mol. The fraction of sp³-hybridized carbons (Fsp3) is 0.263. The zero-order valence-electron chi connectivity index (χ0n) is 15.5. The van der Waals surface area contributed by atoms with Crippen LogP contribution in [0, 0.1) is 6.92 Å². The maximum atomic E-state index is 12.3. The summed E-state index contributed by atoms with van der Waals surface area (Å²) >= 11 is 0. The molecule has 0 N–H and O–H groups in total. The Morgan fingerprint density at radius 2 is 1.48 bits per heavy atom. The summed E-state index contributed by atoms with van der Waals surface area (Å²) in [7, 11) is -1.31. The summed E-state index contributed by atoms with van der Waals surface area (Å²) in [6.07, 6.45) is -0.969. The van der Waals surface area contributed by atoms with Crippen LogP contribution in [0.4, 0.5) is 0 Å². The average Bonchev–Trinajstić information content (AvgIpc) is 2.67. The molecule has 0 aromatic heterocycles. The fourth-order valence-electron chi connectivity index (χ4n) is 2.24. The van der Waals surface area contributed by atoms with Crippen molar-refractivity contribution in [1.82, 2.24) is 4.47 Å². The van der Waals surface area contributed by atoms with Crippen LogP contribution >= 0.6 is 0 Å². The number of esters is 1. The minimum atomic E-state index is -3.80. The summed E-state index contributed by atoms with van der Waals surface area (Å²) in [5.74, 6) is -1.03. The Hall–Kier alpha value is -2.55.